The Balaban J connectivity index is 2.27. The zero-order chi connectivity index (χ0) is 13.6. The van der Waals surface area contributed by atoms with E-state index in [0.717, 1.165) is 19.3 Å². The van der Waals surface area contributed by atoms with Gasteiger partial charge in [0.2, 0.25) is 0 Å². The van der Waals surface area contributed by atoms with Gasteiger partial charge in [-0.2, -0.15) is 0 Å². The summed E-state index contributed by atoms with van der Waals surface area (Å²) < 4.78 is 5.54. The van der Waals surface area contributed by atoms with Crippen LogP contribution in [0.4, 0.5) is 0 Å². The van der Waals surface area contributed by atoms with Crippen LogP contribution >= 0.6 is 0 Å². The van der Waals surface area contributed by atoms with Gasteiger partial charge in [-0.15, -0.1) is 0 Å². The van der Waals surface area contributed by atoms with Gasteiger partial charge in [0.05, 0.1) is 6.42 Å². The lowest BCUT2D eigenvalue weighted by Gasteiger charge is -2.23. The monoisotopic (exact) mass is 255 g/mol. The molecule has 0 aromatic rings. The quantitative estimate of drug-likeness (QED) is 0.618. The highest BCUT2D eigenvalue weighted by molar-refractivity contribution is 5.70. The first-order chi connectivity index (χ1) is 8.37. The van der Waals surface area contributed by atoms with Crippen LogP contribution in [-0.2, 0) is 9.53 Å². The van der Waals surface area contributed by atoms with Gasteiger partial charge in [-0.1, -0.05) is 33.6 Å². The van der Waals surface area contributed by atoms with Crippen molar-refractivity contribution in [2.75, 3.05) is 0 Å². The molecule has 0 amide bonds. The molecule has 0 radical (unpaired) electrons. The molecule has 0 aromatic carbocycles. The van der Waals surface area contributed by atoms with Crippen LogP contribution in [0.25, 0.3) is 0 Å². The molecule has 0 bridgehead atoms. The number of esters is 1. The first-order valence-electron chi connectivity index (χ1n) is 7.32. The number of ether oxygens (including phenoxy) is 1. The van der Waals surface area contributed by atoms with E-state index < -0.39 is 0 Å². The van der Waals surface area contributed by atoms with Crippen molar-refractivity contribution in [2.45, 2.75) is 84.3 Å². The number of carbonyl (C=O) groups is 1. The van der Waals surface area contributed by atoms with E-state index in [1.807, 2.05) is 0 Å². The van der Waals surface area contributed by atoms with E-state index in [0.29, 0.717) is 6.42 Å². The molecule has 106 valence electrons. The average Bonchev–Trinajstić information content (AvgIpc) is 2.42. The molecule has 3 heteroatoms. The summed E-state index contributed by atoms with van der Waals surface area (Å²) in [5, 5.41) is 0. The third-order valence-electron chi connectivity index (χ3n) is 3.40. The number of rotatable bonds is 4. The van der Waals surface area contributed by atoms with Gasteiger partial charge in [-0.3, -0.25) is 4.79 Å². The van der Waals surface area contributed by atoms with Gasteiger partial charge in [0.25, 0.3) is 0 Å². The molecule has 0 heterocycles. The van der Waals surface area contributed by atoms with Crippen molar-refractivity contribution in [2.24, 2.45) is 11.1 Å². The molecule has 0 aliphatic heterocycles. The molecule has 1 fully saturated rings. The molecule has 1 aliphatic carbocycles. The smallest absolute Gasteiger partial charge is 0.307 e. The summed E-state index contributed by atoms with van der Waals surface area (Å²) in [6.45, 7) is 6.43. The molecule has 18 heavy (non-hydrogen) atoms. The lowest BCUT2D eigenvalue weighted by Crippen LogP contribution is -2.31. The zero-order valence-corrected chi connectivity index (χ0v) is 12.2. The molecule has 1 saturated carbocycles. The normalized spacial score (nSPS) is 20.2. The van der Waals surface area contributed by atoms with E-state index in [1.165, 1.54) is 25.7 Å². The summed E-state index contributed by atoms with van der Waals surface area (Å²) in [6.07, 6.45) is 8.33. The standard InChI is InChI=1S/C15H29NO2/c1-15(2,3)11-12(16)10-14(17)18-13-8-6-4-5-7-9-13/h12-13H,4-11,16H2,1-3H3. The number of carbonyl (C=O) groups excluding carboxylic acids is 1. The summed E-state index contributed by atoms with van der Waals surface area (Å²) in [5.74, 6) is -0.112. The summed E-state index contributed by atoms with van der Waals surface area (Å²) in [5.41, 5.74) is 6.16. The topological polar surface area (TPSA) is 52.3 Å². The Morgan fingerprint density at radius 2 is 1.78 bits per heavy atom. The average molecular weight is 255 g/mol. The highest BCUT2D eigenvalue weighted by atomic mass is 16.5. The second kappa shape index (κ2) is 7.13. The van der Waals surface area contributed by atoms with Gasteiger partial charge >= 0.3 is 5.97 Å². The Morgan fingerprint density at radius 3 is 2.28 bits per heavy atom. The summed E-state index contributed by atoms with van der Waals surface area (Å²) in [6, 6.07) is -0.0803. The van der Waals surface area contributed by atoms with Crippen LogP contribution in [0.5, 0.6) is 0 Å². The molecule has 3 nitrogen and oxygen atoms in total. The lowest BCUT2D eigenvalue weighted by atomic mass is 9.87. The van der Waals surface area contributed by atoms with Gasteiger partial charge in [0, 0.05) is 6.04 Å². The second-order valence-corrected chi connectivity index (χ2v) is 6.83. The number of hydrogen-bond donors (Lipinski definition) is 1. The van der Waals surface area contributed by atoms with Crippen LogP contribution in [0.3, 0.4) is 0 Å². The summed E-state index contributed by atoms with van der Waals surface area (Å²) >= 11 is 0. The maximum absolute atomic E-state index is 11.8. The fourth-order valence-corrected chi connectivity index (χ4v) is 2.67. The molecule has 0 spiro atoms. The van der Waals surface area contributed by atoms with Crippen molar-refractivity contribution in [3.05, 3.63) is 0 Å². The predicted octanol–water partition coefficient (Wildman–Crippen LogP) is 3.41. The maximum atomic E-state index is 11.8. The molecule has 0 aromatic heterocycles. The van der Waals surface area contributed by atoms with E-state index in [4.69, 9.17) is 10.5 Å². The van der Waals surface area contributed by atoms with Crippen LogP contribution in [0, 0.1) is 5.41 Å². The predicted molar refractivity (Wildman–Crippen MR) is 74.2 cm³/mol. The van der Waals surface area contributed by atoms with E-state index in [9.17, 15) is 4.79 Å². The van der Waals surface area contributed by atoms with Crippen LogP contribution in [0.1, 0.15) is 72.1 Å². The Labute approximate surface area is 111 Å². The van der Waals surface area contributed by atoms with Crippen molar-refractivity contribution >= 4 is 5.97 Å². The van der Waals surface area contributed by atoms with Crippen LogP contribution < -0.4 is 5.73 Å². The number of nitrogens with two attached hydrogens (primary N) is 1. The van der Waals surface area contributed by atoms with E-state index in [1.54, 1.807) is 0 Å². The van der Waals surface area contributed by atoms with Gasteiger partial charge in [0.15, 0.2) is 0 Å². The minimum Gasteiger partial charge on any atom is -0.462 e. The van der Waals surface area contributed by atoms with E-state index in [2.05, 4.69) is 20.8 Å². The van der Waals surface area contributed by atoms with Crippen LogP contribution in [0.15, 0.2) is 0 Å². The first kappa shape index (κ1) is 15.5. The van der Waals surface area contributed by atoms with Gasteiger partial charge in [0.1, 0.15) is 6.10 Å². The van der Waals surface area contributed by atoms with Crippen molar-refractivity contribution in [3.8, 4) is 0 Å². The Hall–Kier alpha value is -0.570. The van der Waals surface area contributed by atoms with Gasteiger partial charge in [-0.05, 0) is 37.5 Å². The molecule has 1 rings (SSSR count). The largest absolute Gasteiger partial charge is 0.462 e. The van der Waals surface area contributed by atoms with Crippen LogP contribution in [0.2, 0.25) is 0 Å². The van der Waals surface area contributed by atoms with Crippen LogP contribution in [-0.4, -0.2) is 18.1 Å². The third-order valence-corrected chi connectivity index (χ3v) is 3.40. The summed E-state index contributed by atoms with van der Waals surface area (Å²) in [4.78, 5) is 11.8. The van der Waals surface area contributed by atoms with Gasteiger partial charge in [-0.25, -0.2) is 0 Å². The van der Waals surface area contributed by atoms with Crippen molar-refractivity contribution in [1.29, 1.82) is 0 Å². The minimum absolute atomic E-state index is 0.0803. The molecular weight excluding hydrogens is 226 g/mol. The molecule has 1 unspecified atom stereocenters. The Bertz CT molecular complexity index is 250. The van der Waals surface area contributed by atoms with Crippen molar-refractivity contribution < 1.29 is 9.53 Å². The Morgan fingerprint density at radius 1 is 1.22 bits per heavy atom. The molecule has 1 aliphatic rings. The zero-order valence-electron chi connectivity index (χ0n) is 12.2. The van der Waals surface area contributed by atoms with Crippen molar-refractivity contribution in [3.63, 3.8) is 0 Å². The SMILES string of the molecule is CC(C)(C)CC(N)CC(=O)OC1CCCCCC1. The molecule has 1 atom stereocenters. The molecular formula is C15H29NO2. The van der Waals surface area contributed by atoms with Gasteiger partial charge < -0.3 is 10.5 Å². The number of hydrogen-bond acceptors (Lipinski definition) is 3. The maximum Gasteiger partial charge on any atom is 0.307 e. The van der Waals surface area contributed by atoms with E-state index >= 15 is 0 Å². The molecule has 2 N–H and O–H groups in total. The highest BCUT2D eigenvalue weighted by Gasteiger charge is 2.21. The first-order valence-corrected chi connectivity index (χ1v) is 7.32. The second-order valence-electron chi connectivity index (χ2n) is 6.83. The fourth-order valence-electron chi connectivity index (χ4n) is 2.67. The summed E-state index contributed by atoms with van der Waals surface area (Å²) in [7, 11) is 0. The van der Waals surface area contributed by atoms with Crippen molar-refractivity contribution in [1.82, 2.24) is 0 Å². The third kappa shape index (κ3) is 7.00. The lowest BCUT2D eigenvalue weighted by molar-refractivity contribution is -0.150. The molecule has 0 saturated heterocycles. The Kier molecular flexibility index (Phi) is 6.13. The fraction of sp³-hybridized carbons (Fsp3) is 0.933. The van der Waals surface area contributed by atoms with E-state index in [-0.39, 0.29) is 23.5 Å². The minimum atomic E-state index is -0.112. The highest BCUT2D eigenvalue weighted by Crippen LogP contribution is 2.23.